The highest BCUT2D eigenvalue weighted by Gasteiger charge is 2.41. The van der Waals surface area contributed by atoms with Crippen molar-refractivity contribution in [3.63, 3.8) is 0 Å². The van der Waals surface area contributed by atoms with E-state index < -0.39 is 0 Å². The van der Waals surface area contributed by atoms with Gasteiger partial charge in [-0.15, -0.1) is 0 Å². The van der Waals surface area contributed by atoms with Gasteiger partial charge in [-0.25, -0.2) is 0 Å². The van der Waals surface area contributed by atoms with Crippen LogP contribution in [0.1, 0.15) is 44.9 Å². The third-order valence-electron chi connectivity index (χ3n) is 4.69. The number of ether oxygens (including phenoxy) is 1. The first-order chi connectivity index (χ1) is 10.00. The Morgan fingerprint density at radius 2 is 2.10 bits per heavy atom. The lowest BCUT2D eigenvalue weighted by molar-refractivity contribution is -0.139. The van der Waals surface area contributed by atoms with Crippen molar-refractivity contribution >= 4 is 0 Å². The molecule has 21 heavy (non-hydrogen) atoms. The zero-order chi connectivity index (χ0) is 15.0. The zero-order valence-electron chi connectivity index (χ0n) is 13.7. The largest absolute Gasteiger partial charge is 0.370 e. The number of hydrogen-bond acceptors (Lipinski definition) is 3. The average molecular weight is 288 g/mol. The number of benzene rings is 1. The van der Waals surface area contributed by atoms with Gasteiger partial charge in [0.1, 0.15) is 0 Å². The van der Waals surface area contributed by atoms with E-state index in [-0.39, 0.29) is 5.60 Å². The molecule has 1 aromatic carbocycles. The van der Waals surface area contributed by atoms with Gasteiger partial charge in [0.15, 0.2) is 0 Å². The number of hydrogen-bond donors (Lipinski definition) is 1. The SMILES string of the molecule is CCNC1c2ccccc2CC1N1CC(C)OC(C)(C)C1. The Morgan fingerprint density at radius 3 is 2.81 bits per heavy atom. The number of nitrogens with one attached hydrogen (secondary N) is 1. The maximum atomic E-state index is 6.07. The topological polar surface area (TPSA) is 24.5 Å². The number of morpholine rings is 1. The molecule has 3 heteroatoms. The van der Waals surface area contributed by atoms with E-state index in [0.717, 1.165) is 26.1 Å². The molecule has 0 aromatic heterocycles. The highest BCUT2D eigenvalue weighted by Crippen LogP contribution is 2.36. The predicted molar refractivity (Wildman–Crippen MR) is 86.6 cm³/mol. The molecule has 1 aliphatic heterocycles. The van der Waals surface area contributed by atoms with E-state index in [4.69, 9.17) is 4.74 Å². The molecule has 3 nitrogen and oxygen atoms in total. The normalized spacial score (nSPS) is 32.1. The molecule has 0 spiro atoms. The summed E-state index contributed by atoms with van der Waals surface area (Å²) >= 11 is 0. The Labute approximate surface area is 128 Å². The molecule has 1 heterocycles. The number of likely N-dealkylation sites (N-methyl/N-ethyl adjacent to an activating group) is 1. The molecule has 0 radical (unpaired) electrons. The van der Waals surface area contributed by atoms with Crippen LogP contribution in [0.15, 0.2) is 24.3 Å². The fourth-order valence-corrected chi connectivity index (χ4v) is 4.14. The van der Waals surface area contributed by atoms with Crippen LogP contribution >= 0.6 is 0 Å². The molecular formula is C18H28N2O. The molecule has 3 atom stereocenters. The van der Waals surface area contributed by atoms with Crippen molar-refractivity contribution in [2.75, 3.05) is 19.6 Å². The molecule has 2 aliphatic rings. The van der Waals surface area contributed by atoms with Gasteiger partial charge in [-0.3, -0.25) is 4.90 Å². The molecule has 0 bridgehead atoms. The first-order valence-corrected chi connectivity index (χ1v) is 8.23. The van der Waals surface area contributed by atoms with Crippen molar-refractivity contribution in [1.82, 2.24) is 10.2 Å². The molecule has 1 fully saturated rings. The monoisotopic (exact) mass is 288 g/mol. The zero-order valence-corrected chi connectivity index (χ0v) is 13.7. The Balaban J connectivity index is 1.85. The van der Waals surface area contributed by atoms with Crippen molar-refractivity contribution in [2.45, 2.75) is 57.9 Å². The van der Waals surface area contributed by atoms with Crippen LogP contribution in [0.25, 0.3) is 0 Å². The lowest BCUT2D eigenvalue weighted by Crippen LogP contribution is -2.57. The Bertz CT molecular complexity index is 500. The summed E-state index contributed by atoms with van der Waals surface area (Å²) in [5, 5.41) is 3.71. The van der Waals surface area contributed by atoms with E-state index in [0.29, 0.717) is 18.2 Å². The van der Waals surface area contributed by atoms with Crippen molar-refractivity contribution in [2.24, 2.45) is 0 Å². The molecule has 0 amide bonds. The minimum atomic E-state index is -0.0524. The smallest absolute Gasteiger partial charge is 0.0757 e. The van der Waals surface area contributed by atoms with Crippen molar-refractivity contribution in [3.8, 4) is 0 Å². The van der Waals surface area contributed by atoms with E-state index in [1.807, 2.05) is 0 Å². The first-order valence-electron chi connectivity index (χ1n) is 8.23. The minimum absolute atomic E-state index is 0.0524. The summed E-state index contributed by atoms with van der Waals surface area (Å²) < 4.78 is 6.07. The van der Waals surface area contributed by atoms with Crippen molar-refractivity contribution < 1.29 is 4.74 Å². The van der Waals surface area contributed by atoms with E-state index in [2.05, 4.69) is 62.2 Å². The van der Waals surface area contributed by atoms with Crippen LogP contribution in [-0.2, 0) is 11.2 Å². The summed E-state index contributed by atoms with van der Waals surface area (Å²) in [5.41, 5.74) is 2.94. The van der Waals surface area contributed by atoms with Gasteiger partial charge in [0.2, 0.25) is 0 Å². The summed E-state index contributed by atoms with van der Waals surface area (Å²) in [6.45, 7) is 11.9. The highest BCUT2D eigenvalue weighted by molar-refractivity contribution is 5.37. The summed E-state index contributed by atoms with van der Waals surface area (Å²) in [7, 11) is 0. The van der Waals surface area contributed by atoms with Gasteiger partial charge in [0, 0.05) is 25.2 Å². The fourth-order valence-electron chi connectivity index (χ4n) is 4.14. The number of fused-ring (bicyclic) bond motifs is 1. The van der Waals surface area contributed by atoms with E-state index in [1.165, 1.54) is 11.1 Å². The van der Waals surface area contributed by atoms with Gasteiger partial charge in [-0.2, -0.15) is 0 Å². The number of rotatable bonds is 3. The highest BCUT2D eigenvalue weighted by atomic mass is 16.5. The molecule has 1 aromatic rings. The molecular weight excluding hydrogens is 260 g/mol. The summed E-state index contributed by atoms with van der Waals surface area (Å²) in [6.07, 6.45) is 1.45. The van der Waals surface area contributed by atoms with E-state index in [9.17, 15) is 0 Å². The lowest BCUT2D eigenvalue weighted by Gasteiger charge is -2.45. The van der Waals surface area contributed by atoms with Crippen LogP contribution in [0, 0.1) is 0 Å². The predicted octanol–water partition coefficient (Wildman–Crippen LogP) is 2.76. The molecule has 1 N–H and O–H groups in total. The fraction of sp³-hybridized carbons (Fsp3) is 0.667. The maximum absolute atomic E-state index is 6.07. The van der Waals surface area contributed by atoms with Crippen LogP contribution in [0.4, 0.5) is 0 Å². The van der Waals surface area contributed by atoms with E-state index in [1.54, 1.807) is 0 Å². The standard InChI is InChI=1S/C18H28N2O/c1-5-19-17-15-9-7-6-8-14(15)10-16(17)20-11-13(2)21-18(3,4)12-20/h6-9,13,16-17,19H,5,10-12H2,1-4H3. The van der Waals surface area contributed by atoms with Gasteiger partial charge in [-0.05, 0) is 44.9 Å². The van der Waals surface area contributed by atoms with Gasteiger partial charge in [0.05, 0.1) is 11.7 Å². The quantitative estimate of drug-likeness (QED) is 0.925. The molecule has 1 saturated heterocycles. The van der Waals surface area contributed by atoms with Crippen LogP contribution in [-0.4, -0.2) is 42.3 Å². The van der Waals surface area contributed by atoms with Crippen LogP contribution in [0.5, 0.6) is 0 Å². The average Bonchev–Trinajstić information content (AvgIpc) is 2.76. The van der Waals surface area contributed by atoms with Crippen LogP contribution < -0.4 is 5.32 Å². The van der Waals surface area contributed by atoms with Crippen molar-refractivity contribution in [1.29, 1.82) is 0 Å². The molecule has 0 saturated carbocycles. The summed E-state index contributed by atoms with van der Waals surface area (Å²) in [6, 6.07) is 9.90. The second-order valence-electron chi connectivity index (χ2n) is 7.12. The van der Waals surface area contributed by atoms with Gasteiger partial charge >= 0.3 is 0 Å². The maximum Gasteiger partial charge on any atom is 0.0757 e. The van der Waals surface area contributed by atoms with Crippen molar-refractivity contribution in [3.05, 3.63) is 35.4 Å². The second kappa shape index (κ2) is 5.71. The van der Waals surface area contributed by atoms with Crippen LogP contribution in [0.3, 0.4) is 0 Å². The molecule has 1 aliphatic carbocycles. The molecule has 116 valence electrons. The minimum Gasteiger partial charge on any atom is -0.370 e. The lowest BCUT2D eigenvalue weighted by atomic mass is 10.00. The Morgan fingerprint density at radius 1 is 1.33 bits per heavy atom. The summed E-state index contributed by atoms with van der Waals surface area (Å²) in [5.74, 6) is 0. The second-order valence-corrected chi connectivity index (χ2v) is 7.12. The molecule has 3 unspecified atom stereocenters. The van der Waals surface area contributed by atoms with Gasteiger partial charge < -0.3 is 10.1 Å². The van der Waals surface area contributed by atoms with Crippen LogP contribution in [0.2, 0.25) is 0 Å². The third kappa shape index (κ3) is 3.01. The summed E-state index contributed by atoms with van der Waals surface area (Å²) in [4.78, 5) is 2.64. The number of nitrogens with zero attached hydrogens (tertiary/aromatic N) is 1. The van der Waals surface area contributed by atoms with Gasteiger partial charge in [-0.1, -0.05) is 31.2 Å². The van der Waals surface area contributed by atoms with E-state index >= 15 is 0 Å². The molecule has 3 rings (SSSR count). The first kappa shape index (κ1) is 15.0. The van der Waals surface area contributed by atoms with Gasteiger partial charge in [0.25, 0.3) is 0 Å². The third-order valence-corrected chi connectivity index (χ3v) is 4.69. The Kier molecular flexibility index (Phi) is 4.08. The Hall–Kier alpha value is -0.900.